The molecule has 0 bridgehead atoms. The smallest absolute Gasteiger partial charge is 0.0590 e. The molecule has 0 aliphatic carbocycles. The van der Waals surface area contributed by atoms with Crippen LogP contribution in [0.1, 0.15) is 32.6 Å². The van der Waals surface area contributed by atoms with Crippen LogP contribution in [-0.2, 0) is 4.74 Å². The molecule has 2 heteroatoms. The summed E-state index contributed by atoms with van der Waals surface area (Å²) in [5, 5.41) is 3.42. The van der Waals surface area contributed by atoms with Crippen molar-refractivity contribution in [3.63, 3.8) is 0 Å². The molecule has 2 nitrogen and oxygen atoms in total. The largest absolute Gasteiger partial charge is 0.378 e. The molecule has 0 saturated carbocycles. The highest BCUT2D eigenvalue weighted by Gasteiger charge is 2.30. The maximum Gasteiger partial charge on any atom is 0.0590 e. The number of hydrogen-bond acceptors (Lipinski definition) is 2. The van der Waals surface area contributed by atoms with Crippen molar-refractivity contribution in [1.82, 2.24) is 5.32 Å². The third kappa shape index (κ3) is 3.10. The number of ether oxygens (including phenoxy) is 1. The first-order chi connectivity index (χ1) is 6.79. The monoisotopic (exact) mass is 197 g/mol. The Hall–Kier alpha value is -0.340. The fourth-order valence-electron chi connectivity index (χ4n) is 2.33. The van der Waals surface area contributed by atoms with E-state index >= 15 is 0 Å². The molecule has 1 heterocycles. The molecule has 0 aromatic carbocycles. The van der Waals surface area contributed by atoms with Crippen molar-refractivity contribution >= 4 is 0 Å². The summed E-state index contributed by atoms with van der Waals surface area (Å²) < 4.78 is 5.59. The average Bonchev–Trinajstić information content (AvgIpc) is 2.60. The number of nitrogens with one attached hydrogen (secondary N) is 1. The molecule has 14 heavy (non-hydrogen) atoms. The predicted molar refractivity (Wildman–Crippen MR) is 60.4 cm³/mol. The van der Waals surface area contributed by atoms with Crippen molar-refractivity contribution in [3.8, 4) is 0 Å². The molecule has 82 valence electrons. The maximum atomic E-state index is 5.59. The molecule has 3 atom stereocenters. The van der Waals surface area contributed by atoms with Gasteiger partial charge in [0.25, 0.3) is 0 Å². The first-order valence-electron chi connectivity index (χ1n) is 5.69. The van der Waals surface area contributed by atoms with E-state index in [4.69, 9.17) is 4.74 Å². The fraction of sp³-hybridized carbons (Fsp3) is 0.833. The summed E-state index contributed by atoms with van der Waals surface area (Å²) in [5.41, 5.74) is 0. The van der Waals surface area contributed by atoms with Gasteiger partial charge in [-0.3, -0.25) is 0 Å². The molecule has 1 saturated heterocycles. The van der Waals surface area contributed by atoms with Crippen LogP contribution in [0.2, 0.25) is 0 Å². The maximum absolute atomic E-state index is 5.59. The number of unbranched alkanes of at least 4 members (excludes halogenated alkanes) is 1. The lowest BCUT2D eigenvalue weighted by molar-refractivity contribution is 0.0950. The molecule has 0 aromatic rings. The van der Waals surface area contributed by atoms with E-state index in [2.05, 4.69) is 25.9 Å². The van der Waals surface area contributed by atoms with Gasteiger partial charge >= 0.3 is 0 Å². The number of hydrogen-bond donors (Lipinski definition) is 1. The van der Waals surface area contributed by atoms with Crippen molar-refractivity contribution in [2.24, 2.45) is 5.92 Å². The molecule has 0 radical (unpaired) electrons. The fourth-order valence-corrected chi connectivity index (χ4v) is 2.33. The molecular formula is C12H23NO. The molecule has 1 aliphatic rings. The van der Waals surface area contributed by atoms with E-state index in [9.17, 15) is 0 Å². The third-order valence-corrected chi connectivity index (χ3v) is 3.25. The summed E-state index contributed by atoms with van der Waals surface area (Å²) in [7, 11) is 2.06. The number of allylic oxidation sites excluding steroid dienone is 1. The summed E-state index contributed by atoms with van der Waals surface area (Å²) in [4.78, 5) is 0. The van der Waals surface area contributed by atoms with Crippen molar-refractivity contribution < 1.29 is 4.74 Å². The van der Waals surface area contributed by atoms with Crippen LogP contribution in [0.5, 0.6) is 0 Å². The van der Waals surface area contributed by atoms with Gasteiger partial charge in [0.2, 0.25) is 0 Å². The summed E-state index contributed by atoms with van der Waals surface area (Å²) in [5.74, 6) is 0.699. The molecule has 3 unspecified atom stereocenters. The molecule has 0 spiro atoms. The van der Waals surface area contributed by atoms with Crippen LogP contribution in [-0.4, -0.2) is 25.8 Å². The summed E-state index contributed by atoms with van der Waals surface area (Å²) in [6.07, 6.45) is 7.23. The van der Waals surface area contributed by atoms with E-state index in [1.165, 1.54) is 19.3 Å². The van der Waals surface area contributed by atoms with E-state index in [1.807, 2.05) is 6.08 Å². The molecule has 1 rings (SSSR count). The van der Waals surface area contributed by atoms with E-state index in [0.717, 1.165) is 13.0 Å². The lowest BCUT2D eigenvalue weighted by Crippen LogP contribution is -2.36. The average molecular weight is 197 g/mol. The van der Waals surface area contributed by atoms with Crippen LogP contribution in [0, 0.1) is 5.92 Å². The van der Waals surface area contributed by atoms with Crippen molar-refractivity contribution in [2.75, 3.05) is 13.7 Å². The van der Waals surface area contributed by atoms with Crippen LogP contribution in [0.15, 0.2) is 12.7 Å². The first-order valence-corrected chi connectivity index (χ1v) is 5.69. The van der Waals surface area contributed by atoms with Crippen LogP contribution in [0.25, 0.3) is 0 Å². The quantitative estimate of drug-likeness (QED) is 0.521. The lowest BCUT2D eigenvalue weighted by Gasteiger charge is -2.25. The Morgan fingerprint density at radius 2 is 2.43 bits per heavy atom. The Kier molecular flexibility index (Phi) is 5.20. The van der Waals surface area contributed by atoms with Gasteiger partial charge in [-0.05, 0) is 39.7 Å². The Morgan fingerprint density at radius 1 is 1.64 bits per heavy atom. The molecule has 0 amide bonds. The molecular weight excluding hydrogens is 174 g/mol. The van der Waals surface area contributed by atoms with Gasteiger partial charge in [0.15, 0.2) is 0 Å². The van der Waals surface area contributed by atoms with Gasteiger partial charge in [0.1, 0.15) is 0 Å². The second-order valence-corrected chi connectivity index (χ2v) is 4.14. The summed E-state index contributed by atoms with van der Waals surface area (Å²) in [6, 6.07) is 0.618. The SMILES string of the molecule is C=CCCCC(NC)C1CCOC1C. The molecule has 0 aromatic heterocycles. The highest BCUT2D eigenvalue weighted by molar-refractivity contribution is 4.84. The molecule has 1 N–H and O–H groups in total. The highest BCUT2D eigenvalue weighted by Crippen LogP contribution is 2.26. The van der Waals surface area contributed by atoms with E-state index in [0.29, 0.717) is 18.1 Å². The van der Waals surface area contributed by atoms with Crippen LogP contribution in [0.3, 0.4) is 0 Å². The van der Waals surface area contributed by atoms with E-state index in [-0.39, 0.29) is 0 Å². The Bertz CT molecular complexity index is 170. The van der Waals surface area contributed by atoms with Gasteiger partial charge in [0, 0.05) is 18.6 Å². The first kappa shape index (κ1) is 11.7. The van der Waals surface area contributed by atoms with Gasteiger partial charge in [-0.25, -0.2) is 0 Å². The zero-order valence-corrected chi connectivity index (χ0v) is 9.46. The zero-order chi connectivity index (χ0) is 10.4. The van der Waals surface area contributed by atoms with E-state index < -0.39 is 0 Å². The standard InChI is InChI=1S/C12H23NO/c1-4-5-6-7-12(13-3)11-8-9-14-10(11)2/h4,10-13H,1,5-9H2,2-3H3. The van der Waals surface area contributed by atoms with E-state index in [1.54, 1.807) is 0 Å². The Balaban J connectivity index is 2.32. The molecule has 1 aliphatic heterocycles. The van der Waals surface area contributed by atoms with Crippen LogP contribution in [0.4, 0.5) is 0 Å². The zero-order valence-electron chi connectivity index (χ0n) is 9.46. The predicted octanol–water partition coefficient (Wildman–Crippen LogP) is 2.36. The third-order valence-electron chi connectivity index (χ3n) is 3.25. The Labute approximate surface area is 87.7 Å². The second kappa shape index (κ2) is 6.20. The summed E-state index contributed by atoms with van der Waals surface area (Å²) >= 11 is 0. The van der Waals surface area contributed by atoms with Gasteiger partial charge in [-0.1, -0.05) is 6.08 Å². The minimum Gasteiger partial charge on any atom is -0.378 e. The lowest BCUT2D eigenvalue weighted by atomic mass is 9.90. The molecule has 1 fully saturated rings. The highest BCUT2D eigenvalue weighted by atomic mass is 16.5. The summed E-state index contributed by atoms with van der Waals surface area (Å²) in [6.45, 7) is 6.88. The normalized spacial score (nSPS) is 29.0. The Morgan fingerprint density at radius 3 is 2.93 bits per heavy atom. The minimum atomic E-state index is 0.427. The van der Waals surface area contributed by atoms with Crippen molar-refractivity contribution in [2.45, 2.75) is 44.8 Å². The minimum absolute atomic E-state index is 0.427. The van der Waals surface area contributed by atoms with Gasteiger partial charge in [-0.15, -0.1) is 6.58 Å². The number of rotatable bonds is 6. The van der Waals surface area contributed by atoms with Gasteiger partial charge in [-0.2, -0.15) is 0 Å². The van der Waals surface area contributed by atoms with Gasteiger partial charge in [0.05, 0.1) is 6.10 Å². The van der Waals surface area contributed by atoms with Gasteiger partial charge < -0.3 is 10.1 Å². The van der Waals surface area contributed by atoms with Crippen LogP contribution >= 0.6 is 0 Å². The van der Waals surface area contributed by atoms with Crippen molar-refractivity contribution in [3.05, 3.63) is 12.7 Å². The van der Waals surface area contributed by atoms with Crippen LogP contribution < -0.4 is 5.32 Å². The van der Waals surface area contributed by atoms with Crippen molar-refractivity contribution in [1.29, 1.82) is 0 Å². The topological polar surface area (TPSA) is 21.3 Å². The second-order valence-electron chi connectivity index (χ2n) is 4.14.